The molecule has 0 saturated heterocycles. The normalized spacial score (nSPS) is 23.9. The molecule has 0 nitrogen and oxygen atoms in total. The fourth-order valence-electron chi connectivity index (χ4n) is 1.89. The Kier molecular flexibility index (Phi) is 3.04. The molecule has 1 heteroatoms. The van der Waals surface area contributed by atoms with Gasteiger partial charge in [0.05, 0.1) is 0 Å². The van der Waals surface area contributed by atoms with Gasteiger partial charge in [-0.05, 0) is 17.2 Å². The Balaban J connectivity index is 2.17. The molecule has 0 saturated carbocycles. The number of hydrogen-bond acceptors (Lipinski definition) is 0. The van der Waals surface area contributed by atoms with Crippen molar-refractivity contribution in [2.45, 2.75) is 18.5 Å². The molecule has 0 radical (unpaired) electrons. The Morgan fingerprint density at radius 2 is 2.06 bits per heavy atom. The van der Waals surface area contributed by atoms with Crippen LogP contribution in [-0.2, 0) is 0 Å². The van der Waals surface area contributed by atoms with Gasteiger partial charge in [-0.2, -0.15) is 0 Å². The summed E-state index contributed by atoms with van der Waals surface area (Å²) in [6.07, 6.45) is 7.91. The van der Waals surface area contributed by atoms with Gasteiger partial charge in [-0.1, -0.05) is 48.6 Å². The molecule has 0 aliphatic heterocycles. The third-order valence-electron chi connectivity index (χ3n) is 2.81. The van der Waals surface area contributed by atoms with Gasteiger partial charge in [-0.25, -0.2) is 4.39 Å². The first kappa shape index (κ1) is 10.9. The molecular formula is C15H15F. The number of allylic oxidation sites excluding steroid dienone is 5. The zero-order chi connectivity index (χ0) is 11.4. The van der Waals surface area contributed by atoms with E-state index in [0.717, 1.165) is 11.1 Å². The minimum absolute atomic E-state index is 0.377. The molecule has 0 N–H and O–H groups in total. The number of halogens is 1. The number of alkyl halides is 1. The third kappa shape index (κ3) is 2.30. The number of rotatable bonds is 3. The van der Waals surface area contributed by atoms with Crippen LogP contribution in [0.4, 0.5) is 4.39 Å². The van der Waals surface area contributed by atoms with Crippen LogP contribution in [0.25, 0.3) is 5.57 Å². The lowest BCUT2D eigenvalue weighted by Gasteiger charge is -2.22. The van der Waals surface area contributed by atoms with Crippen molar-refractivity contribution in [2.24, 2.45) is 0 Å². The zero-order valence-corrected chi connectivity index (χ0v) is 9.20. The van der Waals surface area contributed by atoms with E-state index in [4.69, 9.17) is 0 Å². The summed E-state index contributed by atoms with van der Waals surface area (Å²) in [5, 5.41) is 0. The van der Waals surface area contributed by atoms with Crippen LogP contribution in [-0.4, -0.2) is 5.67 Å². The minimum atomic E-state index is -1.24. The maximum absolute atomic E-state index is 14.1. The van der Waals surface area contributed by atoms with Gasteiger partial charge in [0.15, 0.2) is 0 Å². The average Bonchev–Trinajstić information content (AvgIpc) is 2.31. The summed E-state index contributed by atoms with van der Waals surface area (Å²) in [6.45, 7) is 3.58. The van der Waals surface area contributed by atoms with Gasteiger partial charge in [0.1, 0.15) is 5.67 Å². The van der Waals surface area contributed by atoms with E-state index >= 15 is 0 Å². The standard InChI is InChI=1S/C15H15F/c1-2-10-15(16)11-8-14(9-12-15)13-6-4-3-5-7-13/h2-9,11H,1,10,12H2. The van der Waals surface area contributed by atoms with Crippen molar-refractivity contribution < 1.29 is 4.39 Å². The molecule has 82 valence electrons. The fourth-order valence-corrected chi connectivity index (χ4v) is 1.89. The second-order valence-corrected chi connectivity index (χ2v) is 4.09. The van der Waals surface area contributed by atoms with Crippen LogP contribution >= 0.6 is 0 Å². The van der Waals surface area contributed by atoms with Crippen molar-refractivity contribution in [2.75, 3.05) is 0 Å². The molecule has 1 aliphatic carbocycles. The number of benzene rings is 1. The molecule has 1 atom stereocenters. The van der Waals surface area contributed by atoms with Crippen LogP contribution in [0.1, 0.15) is 18.4 Å². The summed E-state index contributed by atoms with van der Waals surface area (Å²) >= 11 is 0. The molecule has 1 aromatic carbocycles. The second-order valence-electron chi connectivity index (χ2n) is 4.09. The first-order valence-electron chi connectivity index (χ1n) is 5.48. The highest BCUT2D eigenvalue weighted by Gasteiger charge is 2.25. The van der Waals surface area contributed by atoms with Crippen molar-refractivity contribution in [3.63, 3.8) is 0 Å². The van der Waals surface area contributed by atoms with Gasteiger partial charge >= 0.3 is 0 Å². The van der Waals surface area contributed by atoms with Crippen molar-refractivity contribution in [1.29, 1.82) is 0 Å². The smallest absolute Gasteiger partial charge is 0.136 e. The van der Waals surface area contributed by atoms with E-state index < -0.39 is 5.67 Å². The van der Waals surface area contributed by atoms with Gasteiger partial charge in [0, 0.05) is 12.8 Å². The highest BCUT2D eigenvalue weighted by atomic mass is 19.1. The summed E-state index contributed by atoms with van der Waals surface area (Å²) in [6, 6.07) is 10.0. The third-order valence-corrected chi connectivity index (χ3v) is 2.81. The average molecular weight is 214 g/mol. The molecule has 0 bridgehead atoms. The summed E-state index contributed by atoms with van der Waals surface area (Å²) < 4.78 is 14.1. The van der Waals surface area contributed by atoms with E-state index in [2.05, 4.69) is 6.58 Å². The summed E-state index contributed by atoms with van der Waals surface area (Å²) in [7, 11) is 0. The number of hydrogen-bond donors (Lipinski definition) is 0. The summed E-state index contributed by atoms with van der Waals surface area (Å²) in [4.78, 5) is 0. The highest BCUT2D eigenvalue weighted by molar-refractivity contribution is 5.75. The van der Waals surface area contributed by atoms with Crippen molar-refractivity contribution in [3.05, 3.63) is 66.8 Å². The fraction of sp³-hybridized carbons (Fsp3) is 0.200. The lowest BCUT2D eigenvalue weighted by molar-refractivity contribution is 0.236. The van der Waals surface area contributed by atoms with Gasteiger partial charge in [0.2, 0.25) is 0 Å². The van der Waals surface area contributed by atoms with Crippen LogP contribution < -0.4 is 0 Å². The van der Waals surface area contributed by atoms with Gasteiger partial charge < -0.3 is 0 Å². The molecule has 0 amide bonds. The SMILES string of the molecule is C=CCC1(F)C=CC(c2ccccc2)=CC1. The molecule has 1 aromatic rings. The molecule has 0 spiro atoms. The van der Waals surface area contributed by atoms with E-state index in [9.17, 15) is 4.39 Å². The monoisotopic (exact) mass is 214 g/mol. The predicted octanol–water partition coefficient (Wildman–Crippen LogP) is 4.31. The summed E-state index contributed by atoms with van der Waals surface area (Å²) in [5.74, 6) is 0. The maximum atomic E-state index is 14.1. The first-order chi connectivity index (χ1) is 7.73. The summed E-state index contributed by atoms with van der Waals surface area (Å²) in [5.41, 5.74) is 0.998. The van der Waals surface area contributed by atoms with Crippen molar-refractivity contribution in [1.82, 2.24) is 0 Å². The second kappa shape index (κ2) is 4.48. The Morgan fingerprint density at radius 3 is 2.62 bits per heavy atom. The van der Waals surface area contributed by atoms with Crippen molar-refractivity contribution >= 4 is 5.57 Å². The molecule has 2 rings (SSSR count). The molecule has 16 heavy (non-hydrogen) atoms. The van der Waals surface area contributed by atoms with E-state index in [1.165, 1.54) is 0 Å². The van der Waals surface area contributed by atoms with Gasteiger partial charge in [0.25, 0.3) is 0 Å². The molecule has 0 heterocycles. The molecule has 0 fully saturated rings. The van der Waals surface area contributed by atoms with Crippen LogP contribution in [0.3, 0.4) is 0 Å². The van der Waals surface area contributed by atoms with Gasteiger partial charge in [-0.3, -0.25) is 0 Å². The van der Waals surface area contributed by atoms with E-state index in [0.29, 0.717) is 12.8 Å². The lowest BCUT2D eigenvalue weighted by Crippen LogP contribution is -2.19. The molecule has 1 unspecified atom stereocenters. The lowest BCUT2D eigenvalue weighted by atomic mass is 9.89. The van der Waals surface area contributed by atoms with E-state index in [1.807, 2.05) is 42.5 Å². The van der Waals surface area contributed by atoms with Crippen LogP contribution in [0.2, 0.25) is 0 Å². The highest BCUT2D eigenvalue weighted by Crippen LogP contribution is 2.32. The molecular weight excluding hydrogens is 199 g/mol. The Hall–Kier alpha value is -1.63. The zero-order valence-electron chi connectivity index (χ0n) is 9.20. The predicted molar refractivity (Wildman–Crippen MR) is 66.8 cm³/mol. The van der Waals surface area contributed by atoms with E-state index in [1.54, 1.807) is 12.2 Å². The van der Waals surface area contributed by atoms with E-state index in [-0.39, 0.29) is 0 Å². The van der Waals surface area contributed by atoms with Crippen LogP contribution in [0.15, 0.2) is 61.2 Å². The van der Waals surface area contributed by atoms with Crippen LogP contribution in [0, 0.1) is 0 Å². The Labute approximate surface area is 95.8 Å². The minimum Gasteiger partial charge on any atom is -0.239 e. The molecule has 1 aliphatic rings. The topological polar surface area (TPSA) is 0 Å². The quantitative estimate of drug-likeness (QED) is 0.657. The molecule has 0 aromatic heterocycles. The first-order valence-corrected chi connectivity index (χ1v) is 5.48. The van der Waals surface area contributed by atoms with Crippen LogP contribution in [0.5, 0.6) is 0 Å². The van der Waals surface area contributed by atoms with Crippen molar-refractivity contribution in [3.8, 4) is 0 Å². The Morgan fingerprint density at radius 1 is 1.31 bits per heavy atom. The van der Waals surface area contributed by atoms with Gasteiger partial charge in [-0.15, -0.1) is 6.58 Å². The largest absolute Gasteiger partial charge is 0.239 e. The maximum Gasteiger partial charge on any atom is 0.136 e. The Bertz CT molecular complexity index is 428.